The smallest absolute Gasteiger partial charge is 0.314 e. The third-order valence-electron chi connectivity index (χ3n) is 2.02. The van der Waals surface area contributed by atoms with E-state index in [-0.39, 0.29) is 0 Å². The highest BCUT2D eigenvalue weighted by Crippen LogP contribution is 2.08. The number of hydrogen-bond acceptors (Lipinski definition) is 4. The predicted molar refractivity (Wildman–Crippen MR) is 47.3 cm³/mol. The number of amidine groups is 1. The van der Waals surface area contributed by atoms with Gasteiger partial charge in [0, 0.05) is 21.1 Å². The molecule has 1 aliphatic heterocycles. The summed E-state index contributed by atoms with van der Waals surface area (Å²) < 4.78 is 0. The van der Waals surface area contributed by atoms with Crippen molar-refractivity contribution in [2.75, 3.05) is 21.1 Å². The van der Waals surface area contributed by atoms with Gasteiger partial charge in [-0.3, -0.25) is 19.6 Å². The van der Waals surface area contributed by atoms with E-state index in [1.807, 2.05) is 0 Å². The van der Waals surface area contributed by atoms with Crippen LogP contribution in [0.4, 0.5) is 4.79 Å². The van der Waals surface area contributed by atoms with Gasteiger partial charge in [-0.2, -0.15) is 0 Å². The first kappa shape index (κ1) is 9.66. The first-order valence-electron chi connectivity index (χ1n) is 3.78. The van der Waals surface area contributed by atoms with Gasteiger partial charge in [-0.05, 0) is 0 Å². The Hall–Kier alpha value is -1.43. The van der Waals surface area contributed by atoms with Crippen LogP contribution >= 0.6 is 0 Å². The molecule has 0 aromatic rings. The molecule has 1 unspecified atom stereocenters. The number of nitrogens with zero attached hydrogens (tertiary/aromatic N) is 3. The van der Waals surface area contributed by atoms with Crippen molar-refractivity contribution in [1.29, 1.82) is 0 Å². The maximum Gasteiger partial charge on any atom is 0.331 e. The lowest BCUT2D eigenvalue weighted by atomic mass is 10.2. The zero-order valence-electron chi connectivity index (χ0n) is 7.81. The van der Waals surface area contributed by atoms with E-state index in [1.54, 1.807) is 0 Å². The highest BCUT2D eigenvalue weighted by Gasteiger charge is 2.37. The molecule has 6 nitrogen and oxygen atoms in total. The van der Waals surface area contributed by atoms with Crippen LogP contribution in [-0.2, 0) is 4.79 Å². The molecule has 0 spiro atoms. The Morgan fingerprint density at radius 3 is 2.31 bits per heavy atom. The predicted octanol–water partition coefficient (Wildman–Crippen LogP) is -1.13. The molecular weight excluding hydrogens is 172 g/mol. The van der Waals surface area contributed by atoms with E-state index >= 15 is 0 Å². The summed E-state index contributed by atoms with van der Waals surface area (Å²) in [5, 5.41) is 0. The Kier molecular flexibility index (Phi) is 2.33. The van der Waals surface area contributed by atoms with E-state index in [0.29, 0.717) is 5.84 Å². The van der Waals surface area contributed by atoms with Gasteiger partial charge in [-0.1, -0.05) is 0 Å². The Balaban J connectivity index is 3.06. The van der Waals surface area contributed by atoms with Gasteiger partial charge in [0.05, 0.1) is 0 Å². The molecule has 3 amide bonds. The molecule has 0 bridgehead atoms. The van der Waals surface area contributed by atoms with Gasteiger partial charge >= 0.3 is 6.03 Å². The lowest BCUT2D eigenvalue weighted by Crippen LogP contribution is -2.62. The van der Waals surface area contributed by atoms with Gasteiger partial charge in [0.1, 0.15) is 11.9 Å². The standard InChI is InChI=1S/C7H12N4O2/c1-9-5-4(8)6(12)11(3)7(13)10(5)2/h4H,8H2,1-3H3. The molecule has 1 fully saturated rings. The quantitative estimate of drug-likeness (QED) is 0.517. The van der Waals surface area contributed by atoms with Crippen molar-refractivity contribution in [3.8, 4) is 0 Å². The molecule has 72 valence electrons. The van der Waals surface area contributed by atoms with Crippen molar-refractivity contribution in [1.82, 2.24) is 9.80 Å². The summed E-state index contributed by atoms with van der Waals surface area (Å²) in [5.41, 5.74) is 5.56. The number of amides is 3. The van der Waals surface area contributed by atoms with Gasteiger partial charge in [0.15, 0.2) is 0 Å². The molecule has 1 heterocycles. The van der Waals surface area contributed by atoms with E-state index in [0.717, 1.165) is 4.90 Å². The second-order valence-electron chi connectivity index (χ2n) is 2.80. The Morgan fingerprint density at radius 1 is 1.31 bits per heavy atom. The van der Waals surface area contributed by atoms with Crippen LogP contribution in [0.1, 0.15) is 0 Å². The third kappa shape index (κ3) is 1.29. The van der Waals surface area contributed by atoms with Crippen molar-refractivity contribution in [3.05, 3.63) is 0 Å². The van der Waals surface area contributed by atoms with Crippen LogP contribution in [-0.4, -0.2) is 54.8 Å². The summed E-state index contributed by atoms with van der Waals surface area (Å²) in [6, 6.07) is -1.25. The van der Waals surface area contributed by atoms with Crippen molar-refractivity contribution in [3.63, 3.8) is 0 Å². The monoisotopic (exact) mass is 184 g/mol. The second kappa shape index (κ2) is 3.14. The molecule has 1 rings (SSSR count). The fourth-order valence-electron chi connectivity index (χ4n) is 1.23. The van der Waals surface area contributed by atoms with Crippen molar-refractivity contribution >= 4 is 17.8 Å². The summed E-state index contributed by atoms with van der Waals surface area (Å²) >= 11 is 0. The first-order valence-corrected chi connectivity index (χ1v) is 3.78. The molecule has 2 N–H and O–H groups in total. The number of imide groups is 1. The molecule has 6 heteroatoms. The zero-order chi connectivity index (χ0) is 10.2. The van der Waals surface area contributed by atoms with Gasteiger partial charge in [-0.25, -0.2) is 4.79 Å². The lowest BCUT2D eigenvalue weighted by Gasteiger charge is -2.33. The van der Waals surface area contributed by atoms with E-state index < -0.39 is 18.0 Å². The van der Waals surface area contributed by atoms with Gasteiger partial charge in [-0.15, -0.1) is 0 Å². The second-order valence-corrected chi connectivity index (χ2v) is 2.80. The largest absolute Gasteiger partial charge is 0.331 e. The number of carbonyl (C=O) groups excluding carboxylic acids is 2. The highest BCUT2D eigenvalue weighted by atomic mass is 16.2. The Morgan fingerprint density at radius 2 is 1.85 bits per heavy atom. The number of rotatable bonds is 0. The zero-order valence-corrected chi connectivity index (χ0v) is 7.81. The fourth-order valence-corrected chi connectivity index (χ4v) is 1.23. The fraction of sp³-hybridized carbons (Fsp3) is 0.571. The average molecular weight is 184 g/mol. The number of hydrogen-bond donors (Lipinski definition) is 1. The van der Waals surface area contributed by atoms with E-state index in [9.17, 15) is 9.59 Å². The molecule has 0 aromatic carbocycles. The summed E-state index contributed by atoms with van der Waals surface area (Å²) in [4.78, 5) is 28.7. The minimum absolute atomic E-state index is 0.299. The number of urea groups is 1. The minimum Gasteiger partial charge on any atom is -0.314 e. The summed E-state index contributed by atoms with van der Waals surface area (Å²) in [5.74, 6) is -0.128. The SMILES string of the molecule is CN=C1C(N)C(=O)N(C)C(=O)N1C. The summed E-state index contributed by atoms with van der Waals surface area (Å²) in [6.07, 6.45) is 0. The lowest BCUT2D eigenvalue weighted by molar-refractivity contribution is -0.128. The number of nitrogens with two attached hydrogens (primary N) is 1. The maximum absolute atomic E-state index is 11.3. The average Bonchev–Trinajstić information content (AvgIpc) is 2.13. The van der Waals surface area contributed by atoms with E-state index in [1.165, 1.54) is 26.0 Å². The molecular formula is C7H12N4O2. The molecule has 0 saturated carbocycles. The normalized spacial score (nSPS) is 27.4. The number of likely N-dealkylation sites (N-methyl/N-ethyl adjacent to an activating group) is 2. The Labute approximate surface area is 76.0 Å². The van der Waals surface area contributed by atoms with E-state index in [2.05, 4.69) is 4.99 Å². The summed E-state index contributed by atoms with van der Waals surface area (Å²) in [6.45, 7) is 0. The van der Waals surface area contributed by atoms with Crippen LogP contribution in [0, 0.1) is 0 Å². The highest BCUT2D eigenvalue weighted by molar-refractivity contribution is 6.20. The first-order chi connectivity index (χ1) is 6.00. The van der Waals surface area contributed by atoms with Crippen molar-refractivity contribution in [2.45, 2.75) is 6.04 Å². The molecule has 1 aliphatic rings. The molecule has 0 aromatic heterocycles. The molecule has 0 radical (unpaired) electrons. The molecule has 13 heavy (non-hydrogen) atoms. The van der Waals surface area contributed by atoms with Gasteiger partial charge in [0.2, 0.25) is 0 Å². The molecule has 1 saturated heterocycles. The third-order valence-corrected chi connectivity index (χ3v) is 2.02. The van der Waals surface area contributed by atoms with Crippen molar-refractivity contribution < 1.29 is 9.59 Å². The van der Waals surface area contributed by atoms with Crippen LogP contribution in [0.2, 0.25) is 0 Å². The molecule has 1 atom stereocenters. The van der Waals surface area contributed by atoms with E-state index in [4.69, 9.17) is 5.73 Å². The van der Waals surface area contributed by atoms with Crippen LogP contribution in [0.3, 0.4) is 0 Å². The van der Waals surface area contributed by atoms with Crippen LogP contribution in [0.25, 0.3) is 0 Å². The maximum atomic E-state index is 11.3. The summed E-state index contributed by atoms with van der Waals surface area (Å²) in [7, 11) is 4.43. The van der Waals surface area contributed by atoms with Crippen LogP contribution in [0.5, 0.6) is 0 Å². The molecule has 0 aliphatic carbocycles. The topological polar surface area (TPSA) is 79.0 Å². The minimum atomic E-state index is -0.835. The Bertz CT molecular complexity index is 262. The van der Waals surface area contributed by atoms with Crippen molar-refractivity contribution in [2.24, 2.45) is 10.7 Å². The number of carbonyl (C=O) groups is 2. The number of aliphatic imine (C=N–C) groups is 1. The van der Waals surface area contributed by atoms with Gasteiger partial charge in [0.25, 0.3) is 5.91 Å². The van der Waals surface area contributed by atoms with Crippen LogP contribution in [0.15, 0.2) is 4.99 Å². The van der Waals surface area contributed by atoms with Crippen LogP contribution < -0.4 is 5.73 Å². The van der Waals surface area contributed by atoms with Gasteiger partial charge < -0.3 is 5.73 Å².